The molecule has 1 N–H and O–H groups in total. The number of hydrogen-bond acceptors (Lipinski definition) is 3. The Morgan fingerprint density at radius 1 is 0.955 bits per heavy atom. The van der Waals surface area contributed by atoms with E-state index < -0.39 is 3.79 Å². The first-order valence-electron chi connectivity index (χ1n) is 6.38. The summed E-state index contributed by atoms with van der Waals surface area (Å²) in [6.07, 6.45) is 0. The maximum absolute atomic E-state index is 10.6. The van der Waals surface area contributed by atoms with Crippen LogP contribution in [0.5, 0.6) is 0 Å². The number of rotatable bonds is 2. The second kappa shape index (κ2) is 6.09. The average molecular weight is 371 g/mol. The quantitative estimate of drug-likeness (QED) is 0.437. The molecule has 0 aliphatic rings. The minimum absolute atomic E-state index is 0.0837. The molecule has 3 rings (SSSR count). The zero-order valence-electron chi connectivity index (χ0n) is 11.1. The third kappa shape index (κ3) is 3.08. The predicted octanol–water partition coefficient (Wildman–Crippen LogP) is 6.09. The highest BCUT2D eigenvalue weighted by atomic mass is 35.6. The number of benzene rings is 2. The predicted molar refractivity (Wildman–Crippen MR) is 95.8 cm³/mol. The number of aliphatic hydroxyl groups is 1. The zero-order valence-corrected chi connectivity index (χ0v) is 14.2. The van der Waals surface area contributed by atoms with Crippen LogP contribution in [0.4, 0.5) is 0 Å². The Bertz CT molecular complexity index is 804. The monoisotopic (exact) mass is 369 g/mol. The van der Waals surface area contributed by atoms with E-state index in [9.17, 15) is 5.11 Å². The van der Waals surface area contributed by atoms with Gasteiger partial charge in [-0.2, -0.15) is 0 Å². The third-order valence-electron chi connectivity index (χ3n) is 3.08. The van der Waals surface area contributed by atoms with Gasteiger partial charge in [-0.3, -0.25) is 0 Å². The van der Waals surface area contributed by atoms with E-state index in [1.165, 1.54) is 11.3 Å². The topological polar surface area (TPSA) is 33.1 Å². The number of alkyl halides is 3. The Labute approximate surface area is 146 Å². The van der Waals surface area contributed by atoms with Crippen LogP contribution in [0.2, 0.25) is 0 Å². The standard InChI is InChI=1S/C16H10Cl3NOS/c17-16(18,19)13(14(21)10-6-2-1-3-7-10)15-20-11-8-4-5-9-12(11)22-15/h1-9,21H. The minimum Gasteiger partial charge on any atom is -0.507 e. The van der Waals surface area contributed by atoms with E-state index in [0.717, 1.165) is 10.2 Å². The van der Waals surface area contributed by atoms with Crippen molar-refractivity contribution in [2.75, 3.05) is 0 Å². The van der Waals surface area contributed by atoms with Gasteiger partial charge in [-0.15, -0.1) is 11.3 Å². The van der Waals surface area contributed by atoms with E-state index in [-0.39, 0.29) is 11.3 Å². The average Bonchev–Trinajstić information content (AvgIpc) is 2.89. The van der Waals surface area contributed by atoms with Crippen molar-refractivity contribution in [1.82, 2.24) is 4.98 Å². The lowest BCUT2D eigenvalue weighted by Gasteiger charge is -2.16. The Morgan fingerprint density at radius 3 is 2.23 bits per heavy atom. The number of fused-ring (bicyclic) bond motifs is 1. The van der Waals surface area contributed by atoms with Crippen LogP contribution in [0.1, 0.15) is 10.6 Å². The Hall–Kier alpha value is -1.26. The first-order valence-corrected chi connectivity index (χ1v) is 8.33. The second-order valence-corrected chi connectivity index (χ2v) is 7.89. The van der Waals surface area contributed by atoms with Gasteiger partial charge in [-0.1, -0.05) is 77.3 Å². The molecule has 6 heteroatoms. The summed E-state index contributed by atoms with van der Waals surface area (Å²) in [5.41, 5.74) is 1.56. The van der Waals surface area contributed by atoms with Gasteiger partial charge in [0.05, 0.1) is 15.8 Å². The molecule has 0 fully saturated rings. The summed E-state index contributed by atoms with van der Waals surface area (Å²) in [4.78, 5) is 4.47. The number of allylic oxidation sites excluding steroid dienone is 1. The molecule has 0 aliphatic carbocycles. The van der Waals surface area contributed by atoms with Crippen molar-refractivity contribution in [2.24, 2.45) is 0 Å². The van der Waals surface area contributed by atoms with E-state index >= 15 is 0 Å². The summed E-state index contributed by atoms with van der Waals surface area (Å²) in [5, 5.41) is 11.1. The van der Waals surface area contributed by atoms with Crippen LogP contribution in [0.3, 0.4) is 0 Å². The lowest BCUT2D eigenvalue weighted by Crippen LogP contribution is -2.09. The molecule has 0 unspecified atom stereocenters. The number of aliphatic hydroxyl groups excluding tert-OH is 1. The van der Waals surface area contributed by atoms with Crippen molar-refractivity contribution in [3.8, 4) is 0 Å². The number of hydrogen-bond donors (Lipinski definition) is 1. The number of para-hydroxylation sites is 1. The number of nitrogens with zero attached hydrogens (tertiary/aromatic N) is 1. The van der Waals surface area contributed by atoms with E-state index in [4.69, 9.17) is 34.8 Å². The molecule has 0 aliphatic heterocycles. The molecule has 2 aromatic carbocycles. The first-order chi connectivity index (χ1) is 10.5. The minimum atomic E-state index is -1.78. The van der Waals surface area contributed by atoms with Gasteiger partial charge >= 0.3 is 0 Å². The first kappa shape index (κ1) is 15.6. The van der Waals surface area contributed by atoms with Crippen LogP contribution in [0, 0.1) is 0 Å². The van der Waals surface area contributed by atoms with Crippen molar-refractivity contribution in [3.05, 3.63) is 65.2 Å². The fraction of sp³-hybridized carbons (Fsp3) is 0.0625. The molecule has 1 aromatic heterocycles. The molecule has 0 spiro atoms. The van der Waals surface area contributed by atoms with Gasteiger partial charge in [0.25, 0.3) is 0 Å². The largest absolute Gasteiger partial charge is 0.507 e. The maximum atomic E-state index is 10.6. The van der Waals surface area contributed by atoms with Crippen LogP contribution in [0.25, 0.3) is 21.5 Å². The van der Waals surface area contributed by atoms with E-state index in [1.807, 2.05) is 30.3 Å². The number of aromatic nitrogens is 1. The smallest absolute Gasteiger partial charge is 0.222 e. The molecule has 22 heavy (non-hydrogen) atoms. The molecular weight excluding hydrogens is 361 g/mol. The SMILES string of the molecule is OC(=C(c1nc2ccccc2s1)C(Cl)(Cl)Cl)c1ccccc1. The molecule has 0 saturated heterocycles. The molecule has 2 nitrogen and oxygen atoms in total. The van der Waals surface area contributed by atoms with Gasteiger partial charge < -0.3 is 5.11 Å². The summed E-state index contributed by atoms with van der Waals surface area (Å²) in [5.74, 6) is -0.0837. The summed E-state index contributed by atoms with van der Waals surface area (Å²) in [6.45, 7) is 0. The summed E-state index contributed by atoms with van der Waals surface area (Å²) >= 11 is 19.6. The molecule has 1 heterocycles. The molecule has 0 atom stereocenters. The van der Waals surface area contributed by atoms with Gasteiger partial charge in [0.15, 0.2) is 0 Å². The molecule has 0 amide bonds. The van der Waals surface area contributed by atoms with Crippen molar-refractivity contribution in [2.45, 2.75) is 3.79 Å². The van der Waals surface area contributed by atoms with E-state index in [0.29, 0.717) is 10.6 Å². The third-order valence-corrected chi connectivity index (χ3v) is 4.70. The summed E-state index contributed by atoms with van der Waals surface area (Å²) < 4.78 is -0.821. The summed E-state index contributed by atoms with van der Waals surface area (Å²) in [6, 6.07) is 16.6. The van der Waals surface area contributed by atoms with E-state index in [1.54, 1.807) is 24.3 Å². The number of halogens is 3. The number of thiazole rings is 1. The van der Waals surface area contributed by atoms with Crippen LogP contribution in [-0.4, -0.2) is 13.9 Å². The fourth-order valence-corrected chi connectivity index (χ4v) is 3.85. The van der Waals surface area contributed by atoms with Crippen LogP contribution in [0.15, 0.2) is 54.6 Å². The fourth-order valence-electron chi connectivity index (χ4n) is 2.08. The second-order valence-electron chi connectivity index (χ2n) is 4.57. The van der Waals surface area contributed by atoms with Crippen molar-refractivity contribution >= 4 is 67.7 Å². The molecule has 112 valence electrons. The lowest BCUT2D eigenvalue weighted by atomic mass is 10.1. The molecule has 3 aromatic rings. The van der Waals surface area contributed by atoms with Gasteiger partial charge in [0.1, 0.15) is 10.8 Å². The van der Waals surface area contributed by atoms with Gasteiger partial charge in [0, 0.05) is 5.56 Å². The van der Waals surface area contributed by atoms with Gasteiger partial charge in [-0.05, 0) is 12.1 Å². The van der Waals surface area contributed by atoms with Crippen LogP contribution in [-0.2, 0) is 0 Å². The normalized spacial score (nSPS) is 13.2. The van der Waals surface area contributed by atoms with Crippen molar-refractivity contribution < 1.29 is 5.11 Å². The highest BCUT2D eigenvalue weighted by molar-refractivity contribution is 7.19. The molecular formula is C16H10Cl3NOS. The van der Waals surface area contributed by atoms with Crippen molar-refractivity contribution in [3.63, 3.8) is 0 Å². The van der Waals surface area contributed by atoms with E-state index in [2.05, 4.69) is 4.98 Å². The zero-order chi connectivity index (χ0) is 15.7. The molecule has 0 radical (unpaired) electrons. The Morgan fingerprint density at radius 2 is 1.59 bits per heavy atom. The lowest BCUT2D eigenvalue weighted by molar-refractivity contribution is 0.512. The maximum Gasteiger partial charge on any atom is 0.222 e. The molecule has 0 bridgehead atoms. The highest BCUT2D eigenvalue weighted by Gasteiger charge is 2.33. The molecule has 0 saturated carbocycles. The van der Waals surface area contributed by atoms with Crippen LogP contribution < -0.4 is 0 Å². The van der Waals surface area contributed by atoms with Crippen LogP contribution >= 0.6 is 46.1 Å². The van der Waals surface area contributed by atoms with Crippen molar-refractivity contribution in [1.29, 1.82) is 0 Å². The van der Waals surface area contributed by atoms with Gasteiger partial charge in [0.2, 0.25) is 3.79 Å². The Balaban J connectivity index is 2.23. The van der Waals surface area contributed by atoms with Gasteiger partial charge in [-0.25, -0.2) is 4.98 Å². The Kier molecular flexibility index (Phi) is 4.33. The summed E-state index contributed by atoms with van der Waals surface area (Å²) in [7, 11) is 0. The highest BCUT2D eigenvalue weighted by Crippen LogP contribution is 2.46.